The summed E-state index contributed by atoms with van der Waals surface area (Å²) in [5, 5.41) is 36.9. The summed E-state index contributed by atoms with van der Waals surface area (Å²) in [5.74, 6) is -9.81. The van der Waals surface area contributed by atoms with E-state index in [9.17, 15) is 39.3 Å². The number of phenolic OH excluding ortho intramolecular Hbond substituents is 1. The van der Waals surface area contributed by atoms with Crippen molar-refractivity contribution in [2.45, 2.75) is 24.5 Å². The molecule has 7 N–H and O–H groups in total. The van der Waals surface area contributed by atoms with E-state index in [1.807, 2.05) is 0 Å². The predicted molar refractivity (Wildman–Crippen MR) is 154 cm³/mol. The Morgan fingerprint density at radius 2 is 1.89 bits per heavy atom. The van der Waals surface area contributed by atoms with Gasteiger partial charge in [0, 0.05) is 17.2 Å². The first-order valence-electron chi connectivity index (χ1n) is 13.9. The Hall–Kier alpha value is -4.85. The molecule has 5 atom stereocenters. The zero-order valence-corrected chi connectivity index (χ0v) is 23.8. The average molecular weight is 603 g/mol. The van der Waals surface area contributed by atoms with Crippen LogP contribution < -0.4 is 16.5 Å². The Morgan fingerprint density at radius 3 is 2.55 bits per heavy atom. The van der Waals surface area contributed by atoms with E-state index in [1.54, 1.807) is 36.4 Å². The summed E-state index contributed by atoms with van der Waals surface area (Å²) >= 11 is 0. The van der Waals surface area contributed by atoms with Crippen molar-refractivity contribution in [3.8, 4) is 16.9 Å². The SMILES string of the molecule is CN(C)[C@H]1C(=O)C(C(N)=O)C(=O)[C@]2(O)C(=O)C3=C(O)c4c(O)ccc(-c5cccc(NC(=O)C6=CCON6)c5)c4C[C@@H]3C[C@H]12. The minimum atomic E-state index is -2.78. The Balaban J connectivity index is 1.44. The molecular weight excluding hydrogens is 572 g/mol. The number of nitrogens with zero attached hydrogens (tertiary/aromatic N) is 1. The molecule has 2 amide bonds. The molecule has 0 spiro atoms. The molecule has 2 aromatic rings. The summed E-state index contributed by atoms with van der Waals surface area (Å²) < 4.78 is 0. The largest absolute Gasteiger partial charge is 0.507 e. The Kier molecular flexibility index (Phi) is 6.91. The number of ketones is 3. The van der Waals surface area contributed by atoms with Crippen molar-refractivity contribution in [1.29, 1.82) is 0 Å². The number of hydroxylamine groups is 1. The number of nitrogens with one attached hydrogen (secondary N) is 2. The number of hydrogen-bond acceptors (Lipinski definition) is 11. The highest BCUT2D eigenvalue weighted by molar-refractivity contribution is 6.32. The number of aliphatic hydroxyl groups excluding tert-OH is 1. The maximum atomic E-state index is 14.0. The van der Waals surface area contributed by atoms with Gasteiger partial charge in [-0.25, -0.2) is 0 Å². The number of Topliss-reactive ketones (excluding diaryl/α,β-unsaturated/α-hetero) is 3. The topological polar surface area (TPSA) is 209 Å². The van der Waals surface area contributed by atoms with Crippen molar-refractivity contribution >= 4 is 40.6 Å². The van der Waals surface area contributed by atoms with E-state index in [1.165, 1.54) is 25.1 Å². The first-order valence-corrected chi connectivity index (χ1v) is 13.9. The van der Waals surface area contributed by atoms with Crippen LogP contribution in [0, 0.1) is 17.8 Å². The zero-order valence-electron chi connectivity index (χ0n) is 23.8. The smallest absolute Gasteiger partial charge is 0.273 e. The van der Waals surface area contributed by atoms with Crippen LogP contribution in [-0.2, 0) is 35.2 Å². The van der Waals surface area contributed by atoms with Gasteiger partial charge in [-0.3, -0.25) is 39.2 Å². The van der Waals surface area contributed by atoms with Gasteiger partial charge in [0.25, 0.3) is 5.91 Å². The molecular formula is C31H30N4O9. The molecule has 6 rings (SSSR count). The molecule has 4 aliphatic rings. The molecule has 13 heteroatoms. The molecule has 0 saturated heterocycles. The van der Waals surface area contributed by atoms with Crippen LogP contribution in [-0.4, -0.2) is 81.7 Å². The summed E-state index contributed by atoms with van der Waals surface area (Å²) in [6.45, 7) is 0.257. The molecule has 44 heavy (non-hydrogen) atoms. The van der Waals surface area contributed by atoms with E-state index >= 15 is 0 Å². The Morgan fingerprint density at radius 1 is 1.14 bits per heavy atom. The number of phenols is 1. The quantitative estimate of drug-likeness (QED) is 0.258. The fourth-order valence-electron chi connectivity index (χ4n) is 7.05. The van der Waals surface area contributed by atoms with Gasteiger partial charge in [0.15, 0.2) is 23.1 Å². The van der Waals surface area contributed by atoms with Gasteiger partial charge in [0.05, 0.1) is 18.2 Å². The highest BCUT2D eigenvalue weighted by Gasteiger charge is 2.67. The van der Waals surface area contributed by atoms with Gasteiger partial charge in [-0.05, 0) is 73.8 Å². The van der Waals surface area contributed by atoms with Crippen LogP contribution in [0.15, 0.2) is 53.7 Å². The fraction of sp³-hybridized carbons (Fsp3) is 0.323. The number of primary amides is 1. The van der Waals surface area contributed by atoms with Crippen LogP contribution >= 0.6 is 0 Å². The number of amides is 2. The van der Waals surface area contributed by atoms with E-state index in [4.69, 9.17) is 10.6 Å². The number of aliphatic hydroxyl groups is 2. The lowest BCUT2D eigenvalue weighted by atomic mass is 9.54. The summed E-state index contributed by atoms with van der Waals surface area (Å²) in [6, 6.07) is 8.73. The van der Waals surface area contributed by atoms with Gasteiger partial charge >= 0.3 is 0 Å². The number of fused-ring (bicyclic) bond motifs is 3. The number of benzene rings is 2. The van der Waals surface area contributed by atoms with Crippen molar-refractivity contribution in [3.63, 3.8) is 0 Å². The normalized spacial score (nSPS) is 27.7. The van der Waals surface area contributed by atoms with E-state index in [0.29, 0.717) is 22.4 Å². The van der Waals surface area contributed by atoms with E-state index in [-0.39, 0.29) is 42.0 Å². The molecule has 2 fully saturated rings. The molecule has 1 heterocycles. The molecule has 1 aliphatic heterocycles. The minimum absolute atomic E-state index is 0.0361. The Bertz CT molecular complexity index is 1730. The van der Waals surface area contributed by atoms with Crippen LogP contribution in [0.1, 0.15) is 17.5 Å². The molecule has 1 unspecified atom stereocenters. The first kappa shape index (κ1) is 29.2. The second kappa shape index (κ2) is 10.4. The van der Waals surface area contributed by atoms with Gasteiger partial charge in [-0.1, -0.05) is 18.2 Å². The van der Waals surface area contributed by atoms with Gasteiger partial charge in [0.1, 0.15) is 17.2 Å². The molecule has 3 aliphatic carbocycles. The third-order valence-electron chi connectivity index (χ3n) is 8.97. The lowest BCUT2D eigenvalue weighted by molar-refractivity contribution is -0.175. The van der Waals surface area contributed by atoms with Crippen molar-refractivity contribution in [1.82, 2.24) is 10.4 Å². The number of carbonyl (C=O) groups excluding carboxylic acids is 5. The lowest BCUT2D eigenvalue weighted by Crippen LogP contribution is -2.72. The third kappa shape index (κ3) is 4.23. The number of carbonyl (C=O) groups is 5. The molecule has 0 bridgehead atoms. The van der Waals surface area contributed by atoms with Crippen LogP contribution in [0.2, 0.25) is 0 Å². The van der Waals surface area contributed by atoms with E-state index < -0.39 is 64.3 Å². The van der Waals surface area contributed by atoms with Crippen molar-refractivity contribution in [2.75, 3.05) is 26.0 Å². The number of likely N-dealkylation sites (N-methyl/N-ethyl adjacent to an activating group) is 1. The minimum Gasteiger partial charge on any atom is -0.507 e. The highest BCUT2D eigenvalue weighted by Crippen LogP contribution is 2.52. The second-order valence-corrected chi connectivity index (χ2v) is 11.7. The number of aromatic hydroxyl groups is 1. The maximum absolute atomic E-state index is 14.0. The predicted octanol–water partition coefficient (Wildman–Crippen LogP) is 0.361. The van der Waals surface area contributed by atoms with Crippen LogP contribution in [0.25, 0.3) is 16.9 Å². The third-order valence-corrected chi connectivity index (χ3v) is 8.97. The molecule has 2 aromatic carbocycles. The van der Waals surface area contributed by atoms with E-state index in [2.05, 4.69) is 10.8 Å². The molecule has 2 saturated carbocycles. The summed E-state index contributed by atoms with van der Waals surface area (Å²) in [6.07, 6.45) is 1.66. The Labute approximate surface area is 250 Å². The first-order chi connectivity index (χ1) is 20.9. The monoisotopic (exact) mass is 602 g/mol. The summed E-state index contributed by atoms with van der Waals surface area (Å²) in [5.41, 5.74) is 7.28. The lowest BCUT2D eigenvalue weighted by Gasteiger charge is -2.51. The van der Waals surface area contributed by atoms with Crippen molar-refractivity contribution < 1.29 is 44.1 Å². The average Bonchev–Trinajstić information content (AvgIpc) is 3.50. The number of nitrogens with two attached hydrogens (primary N) is 1. The van der Waals surface area contributed by atoms with Crippen molar-refractivity contribution in [2.24, 2.45) is 23.5 Å². The number of anilines is 1. The maximum Gasteiger partial charge on any atom is 0.273 e. The van der Waals surface area contributed by atoms with Crippen LogP contribution in [0.4, 0.5) is 5.69 Å². The fourth-order valence-corrected chi connectivity index (χ4v) is 7.05. The molecule has 228 valence electrons. The van der Waals surface area contributed by atoms with Gasteiger partial charge in [-0.15, -0.1) is 0 Å². The molecule has 0 radical (unpaired) electrons. The number of hydrogen-bond donors (Lipinski definition) is 6. The zero-order chi connectivity index (χ0) is 31.7. The van der Waals surface area contributed by atoms with Gasteiger partial charge in [0.2, 0.25) is 11.7 Å². The van der Waals surface area contributed by atoms with Gasteiger partial charge in [-0.2, -0.15) is 0 Å². The van der Waals surface area contributed by atoms with Crippen LogP contribution in [0.3, 0.4) is 0 Å². The number of rotatable bonds is 5. The second-order valence-electron chi connectivity index (χ2n) is 11.7. The summed E-state index contributed by atoms with van der Waals surface area (Å²) in [7, 11) is 3.07. The van der Waals surface area contributed by atoms with E-state index in [0.717, 1.165) is 0 Å². The van der Waals surface area contributed by atoms with Crippen LogP contribution in [0.5, 0.6) is 5.75 Å². The van der Waals surface area contributed by atoms with Crippen molar-refractivity contribution in [3.05, 3.63) is 64.9 Å². The summed E-state index contributed by atoms with van der Waals surface area (Å²) in [4.78, 5) is 71.9. The molecule has 13 nitrogen and oxygen atoms in total. The van der Waals surface area contributed by atoms with Gasteiger partial charge < -0.3 is 26.4 Å². The highest BCUT2D eigenvalue weighted by atomic mass is 16.6. The molecule has 0 aromatic heterocycles. The standard InChI is InChI=1S/C31H30N4O9/c1-35(2)24-18-12-14-11-17-16(13-4-3-5-15(10-13)33-30(42)19-8-9-44-34-19)6-7-20(36)22(17)25(37)21(14)27(39)31(18,43)28(40)23(26(24)38)29(32)41/h3-8,10,14,18,23-24,34,36-37,43H,9,11-12H2,1-2H3,(H2,32,41)(H,33,42)/t14-,18-,23?,24-,31-/m1/s1.